The maximum atomic E-state index is 13.1. The molecule has 0 saturated carbocycles. The summed E-state index contributed by atoms with van der Waals surface area (Å²) in [6, 6.07) is 0. The second-order valence-corrected chi connectivity index (χ2v) is 31.7. The third kappa shape index (κ3) is 76.9. The van der Waals surface area contributed by atoms with E-state index < -0.39 is 97.5 Å². The van der Waals surface area contributed by atoms with Gasteiger partial charge in [-0.05, 0) is 89.9 Å². The highest BCUT2D eigenvalue weighted by Gasteiger charge is 2.30. The monoisotopic (exact) mass is 1510 g/mol. The molecule has 0 rings (SSSR count). The lowest BCUT2D eigenvalue weighted by Gasteiger charge is -2.21. The highest BCUT2D eigenvalue weighted by Crippen LogP contribution is 2.45. The molecule has 2 unspecified atom stereocenters. The summed E-state index contributed by atoms with van der Waals surface area (Å²) in [5, 5.41) is 10.7. The van der Waals surface area contributed by atoms with E-state index in [0.717, 1.165) is 103 Å². The first-order chi connectivity index (χ1) is 50.7. The molecular weight excluding hydrogens is 1350 g/mol. The Morgan fingerprint density at radius 1 is 0.269 bits per heavy atom. The Balaban J connectivity index is 5.37. The molecule has 0 saturated heterocycles. The van der Waals surface area contributed by atoms with Crippen LogP contribution in [0.5, 0.6) is 0 Å². The summed E-state index contributed by atoms with van der Waals surface area (Å²) in [6.45, 7) is 4.88. The van der Waals surface area contributed by atoms with E-state index in [1.807, 2.05) is 12.2 Å². The van der Waals surface area contributed by atoms with E-state index >= 15 is 0 Å². The minimum Gasteiger partial charge on any atom is -0.462 e. The van der Waals surface area contributed by atoms with Crippen LogP contribution in [0.4, 0.5) is 0 Å². The lowest BCUT2D eigenvalue weighted by Crippen LogP contribution is -2.30. The summed E-state index contributed by atoms with van der Waals surface area (Å²) in [5.74, 6) is -2.21. The van der Waals surface area contributed by atoms with E-state index in [1.165, 1.54) is 212 Å². The van der Waals surface area contributed by atoms with Crippen molar-refractivity contribution in [1.82, 2.24) is 0 Å². The maximum absolute atomic E-state index is 13.1. The highest BCUT2D eigenvalue weighted by molar-refractivity contribution is 7.47. The second-order valence-electron chi connectivity index (χ2n) is 28.8. The van der Waals surface area contributed by atoms with Crippen molar-refractivity contribution in [1.29, 1.82) is 0 Å². The van der Waals surface area contributed by atoms with Crippen molar-refractivity contribution in [3.8, 4) is 0 Å². The Morgan fingerprint density at radius 3 is 0.788 bits per heavy atom. The van der Waals surface area contributed by atoms with E-state index in [1.54, 1.807) is 0 Å². The molecule has 0 amide bonds. The number of hydrogen-bond donors (Lipinski definition) is 3. The number of phosphoric ester groups is 2. The van der Waals surface area contributed by atoms with E-state index in [9.17, 15) is 43.2 Å². The third-order valence-corrected chi connectivity index (χ3v) is 20.4. The van der Waals surface area contributed by atoms with Crippen molar-refractivity contribution in [3.05, 3.63) is 60.8 Å². The Kier molecular flexibility index (Phi) is 75.5. The first kappa shape index (κ1) is 101. The zero-order valence-electron chi connectivity index (χ0n) is 66.7. The van der Waals surface area contributed by atoms with Crippen LogP contribution in [0.1, 0.15) is 400 Å². The van der Waals surface area contributed by atoms with Gasteiger partial charge in [-0.2, -0.15) is 0 Å². The van der Waals surface area contributed by atoms with Gasteiger partial charge in [0, 0.05) is 25.7 Å². The largest absolute Gasteiger partial charge is 0.472 e. The van der Waals surface area contributed by atoms with Gasteiger partial charge >= 0.3 is 39.5 Å². The minimum absolute atomic E-state index is 0.0244. The normalized spacial score (nSPS) is 14.1. The van der Waals surface area contributed by atoms with Crippen molar-refractivity contribution < 1.29 is 80.2 Å². The number of esters is 4. The summed E-state index contributed by atoms with van der Waals surface area (Å²) in [6.07, 6.45) is 79.1. The zero-order chi connectivity index (χ0) is 76.0. The molecule has 0 bridgehead atoms. The number of unbranched alkanes of at least 4 members (excludes halogenated alkanes) is 45. The van der Waals surface area contributed by atoms with Crippen molar-refractivity contribution in [2.75, 3.05) is 39.6 Å². The van der Waals surface area contributed by atoms with Crippen molar-refractivity contribution >= 4 is 39.5 Å². The quantitative estimate of drug-likeness (QED) is 0.0169. The molecule has 19 heteroatoms. The third-order valence-electron chi connectivity index (χ3n) is 18.5. The number of hydrogen-bond acceptors (Lipinski definition) is 15. The molecule has 0 aromatic carbocycles. The van der Waals surface area contributed by atoms with Crippen LogP contribution in [-0.4, -0.2) is 96.7 Å². The molecule has 0 radical (unpaired) electrons. The molecule has 0 fully saturated rings. The fourth-order valence-corrected chi connectivity index (χ4v) is 13.6. The topological polar surface area (TPSA) is 237 Å². The summed E-state index contributed by atoms with van der Waals surface area (Å²) in [4.78, 5) is 73.1. The molecule has 0 aliphatic heterocycles. The van der Waals surface area contributed by atoms with E-state index in [2.05, 4.69) is 76.3 Å². The fraction of sp³-hybridized carbons (Fsp3) is 0.835. The van der Waals surface area contributed by atoms with Gasteiger partial charge < -0.3 is 33.8 Å². The maximum Gasteiger partial charge on any atom is 0.472 e. The highest BCUT2D eigenvalue weighted by atomic mass is 31.2. The van der Waals surface area contributed by atoms with Gasteiger partial charge in [0.1, 0.15) is 19.3 Å². The first-order valence-electron chi connectivity index (χ1n) is 42.5. The molecule has 608 valence electrons. The van der Waals surface area contributed by atoms with Gasteiger partial charge in [-0.15, -0.1) is 0 Å². The smallest absolute Gasteiger partial charge is 0.462 e. The molecule has 5 atom stereocenters. The molecule has 0 spiro atoms. The predicted octanol–water partition coefficient (Wildman–Crippen LogP) is 25.0. The van der Waals surface area contributed by atoms with Crippen LogP contribution in [0, 0.1) is 0 Å². The standard InChI is InChI=1S/C85H156O17P2/c1-5-9-13-17-21-25-29-33-37-39-43-46-50-54-58-62-66-70-83(88)96-76-80(101-84(89)71-67-63-59-55-51-47-42-36-32-28-24-20-16-12-8-4)77-99-103(91,92)97-73-79(86)74-98-104(93,94)100-78-81(75-95-82(87)69-65-61-57-53-49-45-41-35-31-27-23-19-15-11-7-3)102-85(90)72-68-64-60-56-52-48-44-40-38-34-30-26-22-18-14-10-6-2/h22,26,34,36,38,42,44,48,56,60,79-81,86H,5-21,23-25,27-33,35,37,39-41,43,45-47,49-55,57-59,61-78H2,1-4H3,(H,91,92)(H,93,94)/b26-22-,38-34-,42-36-,48-44-,60-56-/t79-,80+,81+/m0/s1. The average Bonchev–Trinajstić information content (AvgIpc) is 1.07. The SMILES string of the molecule is CCCCC/C=C\C/C=C\C/C=C\C/C=C\CCCC(=O)O[C@H](COC(=O)CCCCCCCCCCCCCCCCC)COP(=O)(O)OC[C@@H](O)COP(=O)(O)OC[C@@H](COC(=O)CCCCCCCCCCCCCCCCCCC)OC(=O)CCCCCCC/C=C\CCCCCCCC. The van der Waals surface area contributed by atoms with Crippen molar-refractivity contribution in [2.45, 2.75) is 418 Å². The zero-order valence-corrected chi connectivity index (χ0v) is 68.5. The predicted molar refractivity (Wildman–Crippen MR) is 427 cm³/mol. The van der Waals surface area contributed by atoms with Crippen LogP contribution >= 0.6 is 15.6 Å². The molecule has 3 N–H and O–H groups in total. The lowest BCUT2D eigenvalue weighted by molar-refractivity contribution is -0.161. The molecule has 0 heterocycles. The Morgan fingerprint density at radius 2 is 0.481 bits per heavy atom. The summed E-state index contributed by atoms with van der Waals surface area (Å²) < 4.78 is 68.7. The number of rotatable bonds is 81. The molecule has 104 heavy (non-hydrogen) atoms. The lowest BCUT2D eigenvalue weighted by atomic mass is 10.0. The van der Waals surface area contributed by atoms with Crippen molar-refractivity contribution in [2.24, 2.45) is 0 Å². The van der Waals surface area contributed by atoms with Gasteiger partial charge in [-0.1, -0.05) is 345 Å². The Labute approximate surface area is 635 Å². The van der Waals surface area contributed by atoms with Crippen LogP contribution in [0.2, 0.25) is 0 Å². The van der Waals surface area contributed by atoms with Crippen LogP contribution in [0.15, 0.2) is 60.8 Å². The van der Waals surface area contributed by atoms with E-state index in [-0.39, 0.29) is 25.7 Å². The van der Waals surface area contributed by atoms with Crippen LogP contribution in [0.3, 0.4) is 0 Å². The molecule has 0 aliphatic rings. The number of allylic oxidation sites excluding steroid dienone is 10. The van der Waals surface area contributed by atoms with Gasteiger partial charge in [-0.3, -0.25) is 37.3 Å². The van der Waals surface area contributed by atoms with Gasteiger partial charge in [0.05, 0.1) is 26.4 Å². The Bertz CT molecular complexity index is 2200. The fourth-order valence-electron chi connectivity index (χ4n) is 12.0. The van der Waals surface area contributed by atoms with Crippen LogP contribution in [-0.2, 0) is 65.4 Å². The van der Waals surface area contributed by atoms with E-state index in [0.29, 0.717) is 32.1 Å². The number of phosphoric acid groups is 2. The average molecular weight is 1510 g/mol. The van der Waals surface area contributed by atoms with Crippen LogP contribution < -0.4 is 0 Å². The minimum atomic E-state index is -4.99. The van der Waals surface area contributed by atoms with E-state index in [4.69, 9.17) is 37.0 Å². The molecular formula is C85H156O17P2. The van der Waals surface area contributed by atoms with Crippen LogP contribution in [0.25, 0.3) is 0 Å². The Hall–Kier alpha value is -3.24. The number of aliphatic hydroxyl groups is 1. The second kappa shape index (κ2) is 77.9. The van der Waals surface area contributed by atoms with Crippen molar-refractivity contribution in [3.63, 3.8) is 0 Å². The molecule has 0 aromatic heterocycles. The number of aliphatic hydroxyl groups excluding tert-OH is 1. The van der Waals surface area contributed by atoms with Gasteiger partial charge in [0.15, 0.2) is 12.2 Å². The van der Waals surface area contributed by atoms with Gasteiger partial charge in [0.2, 0.25) is 0 Å². The molecule has 0 aromatic rings. The number of ether oxygens (including phenoxy) is 4. The number of carbonyl (C=O) groups is 4. The summed E-state index contributed by atoms with van der Waals surface area (Å²) in [7, 11) is -9.96. The first-order valence-corrected chi connectivity index (χ1v) is 45.5. The summed E-state index contributed by atoms with van der Waals surface area (Å²) >= 11 is 0. The number of carbonyl (C=O) groups excluding carboxylic acids is 4. The summed E-state index contributed by atoms with van der Waals surface area (Å²) in [5.41, 5.74) is 0. The van der Waals surface area contributed by atoms with Gasteiger partial charge in [-0.25, -0.2) is 9.13 Å². The van der Waals surface area contributed by atoms with Gasteiger partial charge in [0.25, 0.3) is 0 Å². The molecule has 17 nitrogen and oxygen atoms in total. The molecule has 0 aliphatic carbocycles.